The Morgan fingerprint density at radius 3 is 2.73 bits per heavy atom. The predicted octanol–water partition coefficient (Wildman–Crippen LogP) is 0.506. The van der Waals surface area contributed by atoms with Crippen LogP contribution in [-0.2, 0) is 10.0 Å². The molecular weight excluding hydrogens is 212 g/mol. The van der Waals surface area contributed by atoms with Gasteiger partial charge in [0.2, 0.25) is 10.0 Å². The lowest BCUT2D eigenvalue weighted by molar-refractivity contribution is 0.0852. The van der Waals surface area contributed by atoms with Crippen LogP contribution in [0.1, 0.15) is 26.2 Å². The number of nitrogens with zero attached hydrogens (tertiary/aromatic N) is 2. The highest BCUT2D eigenvalue weighted by atomic mass is 32.2. The first-order valence-electron chi connectivity index (χ1n) is 5.85. The number of fused-ring (bicyclic) bond motifs is 1. The zero-order valence-electron chi connectivity index (χ0n) is 9.35. The van der Waals surface area contributed by atoms with Crippen LogP contribution in [0.2, 0.25) is 0 Å². The third-order valence-corrected chi connectivity index (χ3v) is 5.41. The topological polar surface area (TPSA) is 40.6 Å². The van der Waals surface area contributed by atoms with Gasteiger partial charge in [-0.05, 0) is 26.3 Å². The first kappa shape index (κ1) is 11.4. The minimum absolute atomic E-state index is 0.236. The molecule has 2 fully saturated rings. The summed E-state index contributed by atoms with van der Waals surface area (Å²) in [4.78, 5) is 2.45. The molecule has 0 bridgehead atoms. The fraction of sp³-hybridized carbons (Fsp3) is 1.00. The van der Waals surface area contributed by atoms with Crippen LogP contribution in [-0.4, -0.2) is 55.6 Å². The zero-order valence-corrected chi connectivity index (χ0v) is 10.2. The summed E-state index contributed by atoms with van der Waals surface area (Å²) in [6.07, 6.45) is 3.69. The van der Waals surface area contributed by atoms with Crippen LogP contribution < -0.4 is 0 Å². The van der Waals surface area contributed by atoms with E-state index in [1.54, 1.807) is 11.2 Å². The average molecular weight is 232 g/mol. The van der Waals surface area contributed by atoms with Gasteiger partial charge in [-0.15, -0.1) is 0 Å². The lowest BCUT2D eigenvalue weighted by atomic mass is 10.0. The first-order valence-corrected chi connectivity index (χ1v) is 7.46. The number of rotatable bonds is 2. The Hall–Kier alpha value is -0.130. The fourth-order valence-corrected chi connectivity index (χ4v) is 3.69. The van der Waals surface area contributed by atoms with E-state index in [0.29, 0.717) is 12.6 Å². The molecule has 0 aliphatic carbocycles. The van der Waals surface area contributed by atoms with Crippen LogP contribution in [0.5, 0.6) is 0 Å². The van der Waals surface area contributed by atoms with Crippen LogP contribution in [0.25, 0.3) is 0 Å². The highest BCUT2D eigenvalue weighted by Gasteiger charge is 2.33. The van der Waals surface area contributed by atoms with E-state index in [1.165, 1.54) is 12.8 Å². The lowest BCUT2D eigenvalue weighted by Gasteiger charge is -2.43. The Morgan fingerprint density at radius 1 is 1.20 bits per heavy atom. The van der Waals surface area contributed by atoms with Gasteiger partial charge in [0.25, 0.3) is 0 Å². The summed E-state index contributed by atoms with van der Waals surface area (Å²) in [6, 6.07) is 0.480. The van der Waals surface area contributed by atoms with E-state index in [2.05, 4.69) is 4.90 Å². The van der Waals surface area contributed by atoms with Gasteiger partial charge < -0.3 is 0 Å². The molecule has 4 nitrogen and oxygen atoms in total. The molecule has 2 aliphatic rings. The van der Waals surface area contributed by atoms with Crippen molar-refractivity contribution < 1.29 is 8.42 Å². The van der Waals surface area contributed by atoms with Crippen molar-refractivity contribution in [2.24, 2.45) is 0 Å². The SMILES string of the molecule is CCS(=O)(=O)N1CCN2CCCCC2C1. The highest BCUT2D eigenvalue weighted by molar-refractivity contribution is 7.89. The van der Waals surface area contributed by atoms with Crippen molar-refractivity contribution >= 4 is 10.0 Å². The molecule has 0 aromatic heterocycles. The molecular formula is C10H20N2O2S. The van der Waals surface area contributed by atoms with Crippen LogP contribution in [0.15, 0.2) is 0 Å². The first-order chi connectivity index (χ1) is 7.13. The highest BCUT2D eigenvalue weighted by Crippen LogP contribution is 2.22. The van der Waals surface area contributed by atoms with Crippen LogP contribution >= 0.6 is 0 Å². The van der Waals surface area contributed by atoms with E-state index in [-0.39, 0.29) is 5.75 Å². The fourth-order valence-electron chi connectivity index (χ4n) is 2.56. The number of hydrogen-bond acceptors (Lipinski definition) is 3. The molecule has 0 aromatic carbocycles. The molecule has 0 N–H and O–H groups in total. The second-order valence-corrected chi connectivity index (χ2v) is 6.70. The van der Waals surface area contributed by atoms with Crippen LogP contribution in [0.4, 0.5) is 0 Å². The molecule has 2 heterocycles. The molecule has 0 spiro atoms. The molecule has 2 saturated heterocycles. The second kappa shape index (κ2) is 4.39. The van der Waals surface area contributed by atoms with Crippen molar-refractivity contribution in [3.8, 4) is 0 Å². The molecule has 88 valence electrons. The summed E-state index contributed by atoms with van der Waals surface area (Å²) in [7, 11) is -2.97. The largest absolute Gasteiger partial charge is 0.298 e. The van der Waals surface area contributed by atoms with E-state index in [9.17, 15) is 8.42 Å². The van der Waals surface area contributed by atoms with Crippen LogP contribution in [0.3, 0.4) is 0 Å². The smallest absolute Gasteiger partial charge is 0.213 e. The van der Waals surface area contributed by atoms with Crippen molar-refractivity contribution in [2.75, 3.05) is 31.9 Å². The molecule has 1 unspecified atom stereocenters. The Balaban J connectivity index is 2.02. The monoisotopic (exact) mass is 232 g/mol. The van der Waals surface area contributed by atoms with Gasteiger partial charge in [-0.3, -0.25) is 4.90 Å². The maximum atomic E-state index is 11.7. The van der Waals surface area contributed by atoms with Gasteiger partial charge in [-0.1, -0.05) is 6.42 Å². The molecule has 0 radical (unpaired) electrons. The van der Waals surface area contributed by atoms with Crippen molar-refractivity contribution in [3.63, 3.8) is 0 Å². The Morgan fingerprint density at radius 2 is 2.00 bits per heavy atom. The Labute approximate surface area is 92.3 Å². The molecule has 0 saturated carbocycles. The average Bonchev–Trinajstić information content (AvgIpc) is 2.28. The maximum Gasteiger partial charge on any atom is 0.213 e. The quantitative estimate of drug-likeness (QED) is 0.696. The lowest BCUT2D eigenvalue weighted by Crippen LogP contribution is -2.56. The van der Waals surface area contributed by atoms with Crippen molar-refractivity contribution in [1.82, 2.24) is 9.21 Å². The van der Waals surface area contributed by atoms with Gasteiger partial charge in [0.05, 0.1) is 5.75 Å². The minimum Gasteiger partial charge on any atom is -0.298 e. The molecule has 1 atom stereocenters. The number of hydrogen-bond donors (Lipinski definition) is 0. The van der Waals surface area contributed by atoms with E-state index < -0.39 is 10.0 Å². The third-order valence-electron chi connectivity index (χ3n) is 3.56. The molecule has 2 rings (SSSR count). The predicted molar refractivity (Wildman–Crippen MR) is 60.2 cm³/mol. The molecule has 15 heavy (non-hydrogen) atoms. The number of piperidine rings is 1. The summed E-state index contributed by atoms with van der Waals surface area (Å²) in [5.74, 6) is 0.236. The Kier molecular flexibility index (Phi) is 3.33. The van der Waals surface area contributed by atoms with E-state index in [0.717, 1.165) is 26.1 Å². The Bertz CT molecular complexity index is 315. The zero-order chi connectivity index (χ0) is 10.9. The summed E-state index contributed by atoms with van der Waals surface area (Å²) in [5.41, 5.74) is 0. The van der Waals surface area contributed by atoms with Gasteiger partial charge >= 0.3 is 0 Å². The third kappa shape index (κ3) is 2.34. The van der Waals surface area contributed by atoms with Gasteiger partial charge in [0.15, 0.2) is 0 Å². The van der Waals surface area contributed by atoms with Crippen molar-refractivity contribution in [3.05, 3.63) is 0 Å². The second-order valence-electron chi connectivity index (χ2n) is 4.44. The summed E-state index contributed by atoms with van der Waals surface area (Å²) >= 11 is 0. The summed E-state index contributed by atoms with van der Waals surface area (Å²) < 4.78 is 25.2. The van der Waals surface area contributed by atoms with E-state index >= 15 is 0 Å². The number of sulfonamides is 1. The molecule has 0 amide bonds. The summed E-state index contributed by atoms with van der Waals surface area (Å²) in [5, 5.41) is 0. The van der Waals surface area contributed by atoms with Gasteiger partial charge in [0, 0.05) is 25.7 Å². The molecule has 5 heteroatoms. The van der Waals surface area contributed by atoms with Gasteiger partial charge in [0.1, 0.15) is 0 Å². The van der Waals surface area contributed by atoms with E-state index in [4.69, 9.17) is 0 Å². The maximum absolute atomic E-state index is 11.7. The van der Waals surface area contributed by atoms with Gasteiger partial charge in [-0.2, -0.15) is 4.31 Å². The molecule has 0 aromatic rings. The normalized spacial score (nSPS) is 30.1. The molecule has 2 aliphatic heterocycles. The number of piperazine rings is 1. The van der Waals surface area contributed by atoms with E-state index in [1.807, 2.05) is 0 Å². The van der Waals surface area contributed by atoms with Gasteiger partial charge in [-0.25, -0.2) is 8.42 Å². The summed E-state index contributed by atoms with van der Waals surface area (Å²) in [6.45, 7) is 5.21. The van der Waals surface area contributed by atoms with Crippen LogP contribution in [0, 0.1) is 0 Å². The minimum atomic E-state index is -2.97. The standard InChI is InChI=1S/C10H20N2O2S/c1-2-15(13,14)12-8-7-11-6-4-3-5-10(11)9-12/h10H,2-9H2,1H3. The van der Waals surface area contributed by atoms with Crippen molar-refractivity contribution in [2.45, 2.75) is 32.2 Å². The van der Waals surface area contributed by atoms with Crippen molar-refractivity contribution in [1.29, 1.82) is 0 Å².